The Kier molecular flexibility index (Phi) is 3.16. The van der Waals surface area contributed by atoms with Crippen LogP contribution in [0.1, 0.15) is 45.4 Å². The largest absolute Gasteiger partial charge is 0.361 e. The third kappa shape index (κ3) is 2.24. The van der Waals surface area contributed by atoms with E-state index in [0.29, 0.717) is 6.04 Å². The number of hydrogen-bond donors (Lipinski definition) is 1. The molecule has 1 amide bonds. The Morgan fingerprint density at radius 3 is 2.94 bits per heavy atom. The van der Waals surface area contributed by atoms with E-state index in [2.05, 4.69) is 17.2 Å². The minimum atomic E-state index is 0.0718. The molecule has 0 aromatic rings. The quantitative estimate of drug-likeness (QED) is 0.839. The Balaban J connectivity index is 1.56. The highest BCUT2D eigenvalue weighted by atomic mass is 32.2. The van der Waals surface area contributed by atoms with Gasteiger partial charge in [-0.2, -0.15) is 4.99 Å². The van der Waals surface area contributed by atoms with Crippen LogP contribution in [0.3, 0.4) is 0 Å². The van der Waals surface area contributed by atoms with Gasteiger partial charge < -0.3 is 5.32 Å². The number of aliphatic imine (C=N–C) groups is 1. The van der Waals surface area contributed by atoms with Gasteiger partial charge in [-0.1, -0.05) is 31.5 Å². The molecule has 2 fully saturated rings. The van der Waals surface area contributed by atoms with E-state index in [9.17, 15) is 4.79 Å². The minimum Gasteiger partial charge on any atom is -0.361 e. The van der Waals surface area contributed by atoms with Crippen LogP contribution in [0.15, 0.2) is 4.99 Å². The first-order valence-corrected chi connectivity index (χ1v) is 7.70. The molecule has 4 heteroatoms. The van der Waals surface area contributed by atoms with Crippen LogP contribution < -0.4 is 5.32 Å². The van der Waals surface area contributed by atoms with E-state index in [4.69, 9.17) is 0 Å². The van der Waals surface area contributed by atoms with Gasteiger partial charge in [0.05, 0.1) is 5.25 Å². The third-order valence-corrected chi connectivity index (χ3v) is 5.49. The molecular formula is C13H20N2OS. The van der Waals surface area contributed by atoms with E-state index in [0.717, 1.165) is 29.8 Å². The maximum atomic E-state index is 11.7. The predicted octanol–water partition coefficient (Wildman–Crippen LogP) is 2.56. The molecule has 0 radical (unpaired) electrons. The number of amides is 1. The van der Waals surface area contributed by atoms with Gasteiger partial charge >= 0.3 is 0 Å². The molecule has 3 aliphatic rings. The molecule has 1 aliphatic heterocycles. The first kappa shape index (κ1) is 11.6. The van der Waals surface area contributed by atoms with Gasteiger partial charge in [-0.25, -0.2) is 0 Å². The van der Waals surface area contributed by atoms with Crippen LogP contribution in [0, 0.1) is 11.8 Å². The number of hydrogen-bond acceptors (Lipinski definition) is 3. The fourth-order valence-electron chi connectivity index (χ4n) is 3.47. The fraction of sp³-hybridized carbons (Fsp3) is 0.846. The highest BCUT2D eigenvalue weighted by molar-refractivity contribution is 8.15. The SMILES string of the molecule is CCCC1SC(NC2CC3CCC2C3)=NC1=O. The van der Waals surface area contributed by atoms with Gasteiger partial charge in [-0.3, -0.25) is 4.79 Å². The van der Waals surface area contributed by atoms with Crippen molar-refractivity contribution in [2.45, 2.75) is 56.7 Å². The van der Waals surface area contributed by atoms with Gasteiger partial charge in [0.25, 0.3) is 5.91 Å². The number of carbonyl (C=O) groups is 1. The molecule has 0 saturated heterocycles. The minimum absolute atomic E-state index is 0.0718. The summed E-state index contributed by atoms with van der Waals surface area (Å²) < 4.78 is 0. The van der Waals surface area contributed by atoms with Crippen molar-refractivity contribution in [1.29, 1.82) is 0 Å². The number of carbonyl (C=O) groups excluding carboxylic acids is 1. The zero-order valence-electron chi connectivity index (χ0n) is 10.3. The summed E-state index contributed by atoms with van der Waals surface area (Å²) >= 11 is 1.65. The molecule has 1 N–H and O–H groups in total. The lowest BCUT2D eigenvalue weighted by atomic mass is 9.96. The lowest BCUT2D eigenvalue weighted by Crippen LogP contribution is -2.36. The zero-order valence-corrected chi connectivity index (χ0v) is 11.1. The second-order valence-electron chi connectivity index (χ2n) is 5.58. The summed E-state index contributed by atoms with van der Waals surface area (Å²) in [5.41, 5.74) is 0. The Hall–Kier alpha value is -0.510. The molecule has 2 aliphatic carbocycles. The second kappa shape index (κ2) is 4.63. The third-order valence-electron chi connectivity index (χ3n) is 4.34. The summed E-state index contributed by atoms with van der Waals surface area (Å²) in [6.07, 6.45) is 7.47. The van der Waals surface area contributed by atoms with Crippen molar-refractivity contribution < 1.29 is 4.79 Å². The van der Waals surface area contributed by atoms with E-state index in [1.807, 2.05) is 0 Å². The molecule has 3 rings (SSSR count). The molecule has 1 heterocycles. The highest BCUT2D eigenvalue weighted by Gasteiger charge is 2.40. The van der Waals surface area contributed by atoms with Crippen molar-refractivity contribution in [3.8, 4) is 0 Å². The Bertz CT molecular complexity index is 355. The van der Waals surface area contributed by atoms with Crippen LogP contribution in [-0.2, 0) is 4.79 Å². The number of nitrogens with one attached hydrogen (secondary N) is 1. The molecule has 2 bridgehead atoms. The van der Waals surface area contributed by atoms with Crippen LogP contribution >= 0.6 is 11.8 Å². The fourth-order valence-corrected chi connectivity index (χ4v) is 4.61. The zero-order chi connectivity index (χ0) is 11.8. The standard InChI is InChI=1S/C13H20N2OS/c1-2-3-11-12(16)15-13(17-11)14-10-7-8-4-5-9(10)6-8/h8-11H,2-7H2,1H3,(H,14,15,16). The smallest absolute Gasteiger partial charge is 0.261 e. The highest BCUT2D eigenvalue weighted by Crippen LogP contribution is 2.44. The molecule has 94 valence electrons. The summed E-state index contributed by atoms with van der Waals surface area (Å²) in [6, 6.07) is 0.591. The lowest BCUT2D eigenvalue weighted by molar-refractivity contribution is -0.117. The number of nitrogens with zero attached hydrogens (tertiary/aromatic N) is 1. The van der Waals surface area contributed by atoms with Gasteiger partial charge in [-0.15, -0.1) is 0 Å². The maximum Gasteiger partial charge on any atom is 0.261 e. The summed E-state index contributed by atoms with van der Waals surface area (Å²) in [4.78, 5) is 15.8. The summed E-state index contributed by atoms with van der Waals surface area (Å²) in [5.74, 6) is 1.85. The number of rotatable bonds is 3. The van der Waals surface area contributed by atoms with Gasteiger partial charge in [0.1, 0.15) is 0 Å². The van der Waals surface area contributed by atoms with Crippen molar-refractivity contribution in [3.05, 3.63) is 0 Å². The number of thioether (sulfide) groups is 1. The average molecular weight is 252 g/mol. The van der Waals surface area contributed by atoms with Gasteiger partial charge in [0, 0.05) is 6.04 Å². The summed E-state index contributed by atoms with van der Waals surface area (Å²) in [5, 5.41) is 4.50. The van der Waals surface area contributed by atoms with Crippen LogP contribution in [0.25, 0.3) is 0 Å². The molecule has 17 heavy (non-hydrogen) atoms. The molecule has 4 atom stereocenters. The van der Waals surface area contributed by atoms with Crippen molar-refractivity contribution >= 4 is 22.8 Å². The topological polar surface area (TPSA) is 41.5 Å². The predicted molar refractivity (Wildman–Crippen MR) is 71.1 cm³/mol. The number of fused-ring (bicyclic) bond motifs is 2. The van der Waals surface area contributed by atoms with Crippen LogP contribution in [0.4, 0.5) is 0 Å². The summed E-state index contributed by atoms with van der Waals surface area (Å²) in [7, 11) is 0. The first-order chi connectivity index (χ1) is 8.26. The van der Waals surface area contributed by atoms with E-state index in [-0.39, 0.29) is 11.2 Å². The Morgan fingerprint density at radius 2 is 2.29 bits per heavy atom. The average Bonchev–Trinajstić information content (AvgIpc) is 2.96. The van der Waals surface area contributed by atoms with Crippen molar-refractivity contribution in [2.24, 2.45) is 16.8 Å². The monoisotopic (exact) mass is 252 g/mol. The maximum absolute atomic E-state index is 11.7. The van der Waals surface area contributed by atoms with Gasteiger partial charge in [-0.05, 0) is 37.5 Å². The van der Waals surface area contributed by atoms with E-state index >= 15 is 0 Å². The van der Waals surface area contributed by atoms with Gasteiger partial charge in [0.15, 0.2) is 5.17 Å². The Labute approximate surface area is 107 Å². The summed E-state index contributed by atoms with van der Waals surface area (Å²) in [6.45, 7) is 2.12. The van der Waals surface area contributed by atoms with E-state index < -0.39 is 0 Å². The van der Waals surface area contributed by atoms with E-state index in [1.165, 1.54) is 25.7 Å². The van der Waals surface area contributed by atoms with Crippen molar-refractivity contribution in [1.82, 2.24) is 5.32 Å². The normalized spacial score (nSPS) is 39.8. The molecule has 3 nitrogen and oxygen atoms in total. The molecule has 0 spiro atoms. The van der Waals surface area contributed by atoms with Crippen LogP contribution in [0.2, 0.25) is 0 Å². The van der Waals surface area contributed by atoms with Crippen molar-refractivity contribution in [2.75, 3.05) is 0 Å². The molecule has 2 saturated carbocycles. The van der Waals surface area contributed by atoms with Gasteiger partial charge in [0.2, 0.25) is 0 Å². The first-order valence-electron chi connectivity index (χ1n) is 6.82. The molecule has 4 unspecified atom stereocenters. The number of amidine groups is 1. The van der Waals surface area contributed by atoms with Crippen molar-refractivity contribution in [3.63, 3.8) is 0 Å². The lowest BCUT2D eigenvalue weighted by Gasteiger charge is -2.23. The second-order valence-corrected chi connectivity index (χ2v) is 6.77. The van der Waals surface area contributed by atoms with Crippen LogP contribution in [-0.4, -0.2) is 22.4 Å². The van der Waals surface area contributed by atoms with E-state index in [1.54, 1.807) is 11.8 Å². The molecular weight excluding hydrogens is 232 g/mol. The molecule has 0 aromatic heterocycles. The van der Waals surface area contributed by atoms with Crippen LogP contribution in [0.5, 0.6) is 0 Å². The Morgan fingerprint density at radius 1 is 1.41 bits per heavy atom. The molecule has 0 aromatic carbocycles.